The van der Waals surface area contributed by atoms with Gasteiger partial charge in [0.15, 0.2) is 11.5 Å². The summed E-state index contributed by atoms with van der Waals surface area (Å²) in [5.41, 5.74) is 6.68. The quantitative estimate of drug-likeness (QED) is 0.577. The zero-order valence-corrected chi connectivity index (χ0v) is 13.1. The summed E-state index contributed by atoms with van der Waals surface area (Å²) in [7, 11) is 1.39. The summed E-state index contributed by atoms with van der Waals surface area (Å²) in [5, 5.41) is 20.6. The highest BCUT2D eigenvalue weighted by Crippen LogP contribution is 2.37. The van der Waals surface area contributed by atoms with Crippen LogP contribution < -0.4 is 5.73 Å². The van der Waals surface area contributed by atoms with E-state index in [0.29, 0.717) is 17.6 Å². The standard InChI is InChI=1S/C14H19N5O5/c1-23-4-9(20)24-3-7-2-8(12(22)11(7)21)19-6-18-10-13(15)16-5-17-14(10)19/h5-8,11-12,21-22H,2-4H2,1H3,(H2,15,16,17)/t7-,8-,11-,12-/m1/s1. The van der Waals surface area contributed by atoms with Gasteiger partial charge in [-0.25, -0.2) is 19.7 Å². The minimum atomic E-state index is -1.04. The summed E-state index contributed by atoms with van der Waals surface area (Å²) < 4.78 is 11.4. The Morgan fingerprint density at radius 3 is 2.92 bits per heavy atom. The van der Waals surface area contributed by atoms with Crippen LogP contribution in [0.5, 0.6) is 0 Å². The fourth-order valence-corrected chi connectivity index (χ4v) is 3.01. The van der Waals surface area contributed by atoms with E-state index < -0.39 is 30.1 Å². The number of aliphatic hydroxyl groups is 2. The number of aromatic nitrogens is 4. The number of rotatable bonds is 5. The Morgan fingerprint density at radius 2 is 2.17 bits per heavy atom. The number of fused-ring (bicyclic) bond motifs is 1. The van der Waals surface area contributed by atoms with Gasteiger partial charge < -0.3 is 30.0 Å². The number of imidazole rings is 1. The van der Waals surface area contributed by atoms with Gasteiger partial charge in [-0.1, -0.05) is 0 Å². The minimum Gasteiger partial charge on any atom is -0.464 e. The van der Waals surface area contributed by atoms with Crippen LogP contribution in [0.15, 0.2) is 12.7 Å². The number of nitrogens with zero attached hydrogens (tertiary/aromatic N) is 4. The molecule has 2 aromatic rings. The topological polar surface area (TPSA) is 146 Å². The summed E-state index contributed by atoms with van der Waals surface area (Å²) in [6, 6.07) is -0.453. The van der Waals surface area contributed by atoms with Crippen molar-refractivity contribution in [2.75, 3.05) is 26.1 Å². The van der Waals surface area contributed by atoms with Crippen LogP contribution in [-0.4, -0.2) is 68.2 Å². The van der Waals surface area contributed by atoms with Gasteiger partial charge in [0, 0.05) is 13.0 Å². The molecule has 10 nitrogen and oxygen atoms in total. The van der Waals surface area contributed by atoms with Crippen molar-refractivity contribution in [2.45, 2.75) is 24.7 Å². The average molecular weight is 337 g/mol. The first-order chi connectivity index (χ1) is 11.5. The molecule has 1 fully saturated rings. The monoisotopic (exact) mass is 337 g/mol. The molecule has 10 heteroatoms. The summed E-state index contributed by atoms with van der Waals surface area (Å²) in [6.45, 7) is -0.155. The number of hydrogen-bond donors (Lipinski definition) is 3. The maximum absolute atomic E-state index is 11.4. The first-order valence-corrected chi connectivity index (χ1v) is 7.46. The normalized spacial score (nSPS) is 26.8. The Morgan fingerprint density at radius 1 is 1.38 bits per heavy atom. The number of nitrogens with two attached hydrogens (primary N) is 1. The van der Waals surface area contributed by atoms with E-state index in [4.69, 9.17) is 10.5 Å². The summed E-state index contributed by atoms with van der Waals surface area (Å²) in [5.74, 6) is -0.671. The van der Waals surface area contributed by atoms with Crippen molar-refractivity contribution in [3.63, 3.8) is 0 Å². The first-order valence-electron chi connectivity index (χ1n) is 7.46. The number of carbonyl (C=O) groups is 1. The molecule has 0 radical (unpaired) electrons. The molecule has 0 aromatic carbocycles. The summed E-state index contributed by atoms with van der Waals surface area (Å²) >= 11 is 0. The van der Waals surface area contributed by atoms with Crippen LogP contribution in [0.25, 0.3) is 11.2 Å². The lowest BCUT2D eigenvalue weighted by atomic mass is 10.1. The van der Waals surface area contributed by atoms with Crippen LogP contribution in [0.4, 0.5) is 5.82 Å². The fraction of sp³-hybridized carbons (Fsp3) is 0.571. The van der Waals surface area contributed by atoms with Gasteiger partial charge in [-0.3, -0.25) is 0 Å². The number of aliphatic hydroxyl groups excluding tert-OH is 2. The molecular formula is C14H19N5O5. The van der Waals surface area contributed by atoms with Crippen molar-refractivity contribution in [1.82, 2.24) is 19.5 Å². The summed E-state index contributed by atoms with van der Waals surface area (Å²) in [6.07, 6.45) is 1.16. The molecule has 1 saturated carbocycles. The molecule has 24 heavy (non-hydrogen) atoms. The predicted octanol–water partition coefficient (Wildman–Crippen LogP) is -1.12. The Balaban J connectivity index is 1.77. The minimum absolute atomic E-state index is 0.000667. The van der Waals surface area contributed by atoms with Gasteiger partial charge in [0.1, 0.15) is 24.6 Å². The average Bonchev–Trinajstić information content (AvgIpc) is 3.10. The molecule has 0 aliphatic heterocycles. The van der Waals surface area contributed by atoms with Crippen molar-refractivity contribution < 1.29 is 24.5 Å². The lowest BCUT2D eigenvalue weighted by molar-refractivity contribution is -0.150. The van der Waals surface area contributed by atoms with E-state index in [2.05, 4.69) is 19.7 Å². The molecule has 0 amide bonds. The molecule has 0 unspecified atom stereocenters. The van der Waals surface area contributed by atoms with Crippen LogP contribution in [-0.2, 0) is 14.3 Å². The molecule has 4 N–H and O–H groups in total. The molecule has 1 aliphatic rings. The number of nitrogen functional groups attached to an aromatic ring is 1. The molecule has 0 saturated heterocycles. The molecule has 3 rings (SSSR count). The lowest BCUT2D eigenvalue weighted by Crippen LogP contribution is -2.31. The first kappa shape index (κ1) is 16.6. The van der Waals surface area contributed by atoms with Gasteiger partial charge in [-0.05, 0) is 6.42 Å². The van der Waals surface area contributed by atoms with E-state index >= 15 is 0 Å². The van der Waals surface area contributed by atoms with Gasteiger partial charge in [0.05, 0.1) is 25.1 Å². The third kappa shape index (κ3) is 2.90. The molecule has 4 atom stereocenters. The van der Waals surface area contributed by atoms with Crippen molar-refractivity contribution in [2.24, 2.45) is 5.92 Å². The summed E-state index contributed by atoms with van der Waals surface area (Å²) in [4.78, 5) is 23.6. The fourth-order valence-electron chi connectivity index (χ4n) is 3.01. The number of anilines is 1. The maximum atomic E-state index is 11.4. The highest BCUT2D eigenvalue weighted by atomic mass is 16.6. The molecule has 1 aliphatic carbocycles. The Labute approximate surface area is 137 Å². The van der Waals surface area contributed by atoms with Gasteiger partial charge in [-0.15, -0.1) is 0 Å². The predicted molar refractivity (Wildman–Crippen MR) is 81.7 cm³/mol. The van der Waals surface area contributed by atoms with E-state index in [9.17, 15) is 15.0 Å². The number of ether oxygens (including phenoxy) is 2. The molecule has 2 heterocycles. The van der Waals surface area contributed by atoms with Crippen molar-refractivity contribution in [3.05, 3.63) is 12.7 Å². The second-order valence-electron chi connectivity index (χ2n) is 5.74. The highest BCUT2D eigenvalue weighted by molar-refractivity contribution is 5.81. The van der Waals surface area contributed by atoms with Crippen LogP contribution >= 0.6 is 0 Å². The Hall–Kier alpha value is -2.30. The number of hydrogen-bond acceptors (Lipinski definition) is 9. The zero-order valence-electron chi connectivity index (χ0n) is 13.1. The van der Waals surface area contributed by atoms with Gasteiger partial charge in [0.2, 0.25) is 0 Å². The van der Waals surface area contributed by atoms with Crippen molar-refractivity contribution >= 4 is 23.0 Å². The lowest BCUT2D eigenvalue weighted by Gasteiger charge is -2.18. The number of methoxy groups -OCH3 is 1. The molecule has 2 aromatic heterocycles. The van der Waals surface area contributed by atoms with Gasteiger partial charge >= 0.3 is 5.97 Å². The second-order valence-corrected chi connectivity index (χ2v) is 5.74. The van der Waals surface area contributed by atoms with E-state index in [1.165, 1.54) is 19.8 Å². The highest BCUT2D eigenvalue weighted by Gasteiger charge is 2.43. The van der Waals surface area contributed by atoms with Crippen LogP contribution in [0.2, 0.25) is 0 Å². The maximum Gasteiger partial charge on any atom is 0.332 e. The van der Waals surface area contributed by atoms with Crippen LogP contribution in [0, 0.1) is 5.92 Å². The van der Waals surface area contributed by atoms with E-state index in [1.807, 2.05) is 0 Å². The third-order valence-electron chi connectivity index (χ3n) is 4.24. The zero-order chi connectivity index (χ0) is 17.3. The smallest absolute Gasteiger partial charge is 0.332 e. The third-order valence-corrected chi connectivity index (χ3v) is 4.24. The van der Waals surface area contributed by atoms with Crippen LogP contribution in [0.1, 0.15) is 12.5 Å². The molecule has 130 valence electrons. The Kier molecular flexibility index (Phi) is 4.60. The van der Waals surface area contributed by atoms with Crippen LogP contribution in [0.3, 0.4) is 0 Å². The second kappa shape index (κ2) is 6.67. The van der Waals surface area contributed by atoms with E-state index in [1.54, 1.807) is 4.57 Å². The van der Waals surface area contributed by atoms with Crippen molar-refractivity contribution in [1.29, 1.82) is 0 Å². The van der Waals surface area contributed by atoms with Gasteiger partial charge in [0.25, 0.3) is 0 Å². The van der Waals surface area contributed by atoms with Crippen molar-refractivity contribution in [3.8, 4) is 0 Å². The number of carbonyl (C=O) groups excluding carboxylic acids is 1. The SMILES string of the molecule is COCC(=O)OC[C@H]1C[C@@H](n2cnc3c(N)ncnc32)[C@@H](O)[C@@H]1O. The van der Waals surface area contributed by atoms with Gasteiger partial charge in [-0.2, -0.15) is 0 Å². The molecular weight excluding hydrogens is 318 g/mol. The number of esters is 1. The molecule has 0 bridgehead atoms. The largest absolute Gasteiger partial charge is 0.464 e. The Bertz CT molecular complexity index is 735. The van der Waals surface area contributed by atoms with E-state index in [0.717, 1.165) is 0 Å². The molecule has 0 spiro atoms. The van der Waals surface area contributed by atoms with E-state index in [-0.39, 0.29) is 19.0 Å².